The predicted octanol–water partition coefficient (Wildman–Crippen LogP) is 18.6. The number of likely N-dealkylation sites (N-methyl/N-ethyl adjacent to an activating group) is 1. The second kappa shape index (κ2) is 44.8. The van der Waals surface area contributed by atoms with Crippen LogP contribution in [0.5, 0.6) is 23.0 Å². The van der Waals surface area contributed by atoms with E-state index in [0.29, 0.717) is 62.4 Å². The third-order valence-electron chi connectivity index (χ3n) is 21.0. The Morgan fingerprint density at radius 1 is 0.534 bits per heavy atom. The molecule has 22 nitrogen and oxygen atoms in total. The van der Waals surface area contributed by atoms with Crippen LogP contribution in [0.4, 0.5) is 35.9 Å². The SMILES string of the molecule is CCCCCCCCCCCCCCCC(=O)OCC(COP(=O)([O-])OCC[N+](C)(C)Cc1cn(-c2ccc3c(c2)C(=O)OC32c3ccc(OC(=O)Oc4ccc(CCC(=O)C(F)(F)F)cc4)cc3[Si](C)(C)c3cc(OC(=O)Oc4ccc(CCC(=O)C(F)(F)F)cc4)ccc32)nn1)OC(=O)CCCCCCCCCCCCCCC. The molecule has 0 amide bonds. The molecular formula is C86H111F6N4O18PSi. The molecule has 0 saturated carbocycles. The van der Waals surface area contributed by atoms with Crippen molar-refractivity contribution >= 4 is 68.1 Å². The van der Waals surface area contributed by atoms with E-state index >= 15 is 0 Å². The maximum atomic E-state index is 14.6. The van der Waals surface area contributed by atoms with Gasteiger partial charge in [-0.2, -0.15) is 26.3 Å². The lowest BCUT2D eigenvalue weighted by molar-refractivity contribution is -0.904. The molecule has 2 aliphatic heterocycles. The molecule has 3 heterocycles. The molecule has 634 valence electrons. The van der Waals surface area contributed by atoms with Gasteiger partial charge >= 0.3 is 42.6 Å². The van der Waals surface area contributed by atoms with Gasteiger partial charge in [0.25, 0.3) is 7.82 Å². The van der Waals surface area contributed by atoms with Crippen molar-refractivity contribution in [3.05, 3.63) is 148 Å². The van der Waals surface area contributed by atoms with Gasteiger partial charge in [0, 0.05) is 42.4 Å². The number of ether oxygens (including phenoxy) is 7. The number of fused-ring (bicyclic) bond motifs is 6. The van der Waals surface area contributed by atoms with Crippen LogP contribution in [0.2, 0.25) is 13.1 Å². The summed E-state index contributed by atoms with van der Waals surface area (Å²) in [5.74, 6) is -5.57. The van der Waals surface area contributed by atoms with Crippen molar-refractivity contribution in [1.82, 2.24) is 15.0 Å². The number of ketones is 2. The zero-order valence-corrected chi connectivity index (χ0v) is 69.4. The molecule has 8 rings (SSSR count). The van der Waals surface area contributed by atoms with Crippen LogP contribution < -0.4 is 34.2 Å². The average molecular weight is 1660 g/mol. The first kappa shape index (κ1) is 92.9. The Morgan fingerprint density at radius 2 is 0.948 bits per heavy atom. The van der Waals surface area contributed by atoms with E-state index in [4.69, 9.17) is 42.2 Å². The third kappa shape index (κ3) is 29.2. The van der Waals surface area contributed by atoms with Crippen molar-refractivity contribution < 1.29 is 116 Å². The number of rotatable bonds is 51. The van der Waals surface area contributed by atoms with Gasteiger partial charge in [-0.25, -0.2) is 19.1 Å². The second-order valence-corrected chi connectivity index (χ2v) is 36.9. The summed E-state index contributed by atoms with van der Waals surface area (Å²) in [6.45, 7) is 7.36. The second-order valence-electron chi connectivity index (χ2n) is 31.2. The van der Waals surface area contributed by atoms with E-state index in [-0.39, 0.29) is 78.4 Å². The van der Waals surface area contributed by atoms with Crippen LogP contribution in [-0.4, -0.2) is 128 Å². The van der Waals surface area contributed by atoms with Crippen LogP contribution in [0.15, 0.2) is 109 Å². The average Bonchev–Trinajstić information content (AvgIpc) is 1.25. The number of Topliss-reactive ketones (excluding diaryl/α,β-unsaturated/α-hetero) is 2. The summed E-state index contributed by atoms with van der Waals surface area (Å²) in [6.07, 6.45) is 16.2. The number of aryl methyl sites for hydroxylation is 2. The number of aromatic nitrogens is 3. The normalized spacial score (nSPS) is 14.2. The quantitative estimate of drug-likeness (QED) is 0.00501. The number of quaternary nitrogens is 1. The van der Waals surface area contributed by atoms with Gasteiger partial charge in [0.2, 0.25) is 11.6 Å². The molecule has 0 aliphatic carbocycles. The highest BCUT2D eigenvalue weighted by molar-refractivity contribution is 7.45. The number of hydrogen-bond donors (Lipinski definition) is 0. The molecule has 5 aromatic carbocycles. The van der Waals surface area contributed by atoms with Crippen LogP contribution in [0.1, 0.15) is 250 Å². The van der Waals surface area contributed by atoms with E-state index in [1.807, 2.05) is 27.2 Å². The van der Waals surface area contributed by atoms with Crippen molar-refractivity contribution in [3.63, 3.8) is 0 Å². The highest BCUT2D eigenvalue weighted by Gasteiger charge is 2.56. The van der Waals surface area contributed by atoms with Gasteiger partial charge < -0.3 is 51.6 Å². The molecule has 2 atom stereocenters. The zero-order chi connectivity index (χ0) is 83.9. The summed E-state index contributed by atoms with van der Waals surface area (Å²) in [5, 5.41) is 9.99. The number of esters is 3. The number of phosphoric acid groups is 1. The standard InChI is InChI=1S/C86H111F6N4O18PSi/c1-7-9-11-13-15-17-19-21-23-25-27-29-31-33-79(99)106-60-70(109-80(100)34-32-30-28-26-24-22-20-18-16-14-12-10-8-2)61-108-115(104,105)107-54-53-96(3,4)59-64-58-95(94-93-64)65-41-48-72-71(55-65)81(101)114-84(72)73-49-46-68(112-82(102)110-66-42-35-62(36-43-66)39-51-77(97)85(87,88)89)56-75(73)116(5,6)76-57-69(47-50-74(76)84)113-83(103)111-67-44-37-63(38-45-67)40-52-78(98)86(90,91)92/h35-38,41-50,55-58,70H,7-34,39-40,51-54,59-61H2,1-6H3. The highest BCUT2D eigenvalue weighted by atomic mass is 31.2. The van der Waals surface area contributed by atoms with Gasteiger partial charge in [0.1, 0.15) is 63.1 Å². The summed E-state index contributed by atoms with van der Waals surface area (Å²) >= 11 is 0. The van der Waals surface area contributed by atoms with Crippen LogP contribution in [-0.2, 0) is 72.0 Å². The highest BCUT2D eigenvalue weighted by Crippen LogP contribution is 2.50. The van der Waals surface area contributed by atoms with Crippen LogP contribution in [0, 0.1) is 0 Å². The first-order chi connectivity index (χ1) is 55.3. The lowest BCUT2D eigenvalue weighted by Gasteiger charge is -2.43. The van der Waals surface area contributed by atoms with Gasteiger partial charge in [-0.1, -0.05) is 229 Å². The zero-order valence-electron chi connectivity index (χ0n) is 67.5. The molecular weight excluding hydrogens is 1550 g/mol. The van der Waals surface area contributed by atoms with Crippen LogP contribution >= 0.6 is 7.82 Å². The third-order valence-corrected chi connectivity index (χ3v) is 25.4. The summed E-state index contributed by atoms with van der Waals surface area (Å²) in [5.41, 5.74) is 1.47. The smallest absolute Gasteiger partial charge is 0.519 e. The van der Waals surface area contributed by atoms with E-state index in [9.17, 15) is 69.4 Å². The van der Waals surface area contributed by atoms with Crippen molar-refractivity contribution in [2.75, 3.05) is 40.5 Å². The molecule has 116 heavy (non-hydrogen) atoms. The molecule has 1 aromatic heterocycles. The first-order valence-corrected chi connectivity index (χ1v) is 45.3. The fraction of sp³-hybridized carbons (Fsp3) is 0.547. The lowest BCUT2D eigenvalue weighted by Crippen LogP contribution is -2.63. The Morgan fingerprint density at radius 3 is 1.40 bits per heavy atom. The molecule has 0 N–H and O–H groups in total. The van der Waals surface area contributed by atoms with E-state index in [2.05, 4.69) is 24.2 Å². The lowest BCUT2D eigenvalue weighted by atomic mass is 9.79. The number of benzene rings is 5. The molecule has 1 spiro atoms. The Balaban J connectivity index is 0.907. The molecule has 6 aromatic rings. The van der Waals surface area contributed by atoms with Crippen LogP contribution in [0.25, 0.3) is 5.69 Å². The van der Waals surface area contributed by atoms with Gasteiger partial charge in [-0.3, -0.25) is 23.7 Å². The number of hydrogen-bond acceptors (Lipinski definition) is 20. The number of carbonyl (C=O) groups is 7. The van der Waals surface area contributed by atoms with Crippen molar-refractivity contribution in [2.45, 2.75) is 263 Å². The van der Waals surface area contributed by atoms with E-state index in [0.717, 1.165) is 44.9 Å². The minimum atomic E-state index is -5.01. The van der Waals surface area contributed by atoms with Crippen molar-refractivity contribution in [3.8, 4) is 28.7 Å². The maximum Gasteiger partial charge on any atom is 0.519 e. The minimum Gasteiger partial charge on any atom is -0.756 e. The predicted molar refractivity (Wildman–Crippen MR) is 423 cm³/mol. The number of carbonyl (C=O) groups excluding carboxylic acids is 7. The minimum absolute atomic E-state index is 0.00118. The van der Waals surface area contributed by atoms with E-state index < -0.39 is 108 Å². The fourth-order valence-electron chi connectivity index (χ4n) is 14.4. The number of phosphoric ester groups is 1. The van der Waals surface area contributed by atoms with E-state index in [1.165, 1.54) is 174 Å². The van der Waals surface area contributed by atoms with Crippen LogP contribution in [0.3, 0.4) is 0 Å². The Bertz CT molecular complexity index is 4120. The molecule has 2 aliphatic rings. The monoisotopic (exact) mass is 1660 g/mol. The van der Waals surface area contributed by atoms with Gasteiger partial charge in [0.05, 0.1) is 38.1 Å². The first-order valence-electron chi connectivity index (χ1n) is 40.8. The molecule has 2 unspecified atom stereocenters. The largest absolute Gasteiger partial charge is 0.756 e. The maximum absolute atomic E-state index is 14.6. The molecule has 0 radical (unpaired) electrons. The Labute approximate surface area is 676 Å². The Hall–Kier alpha value is -8.60. The van der Waals surface area contributed by atoms with Gasteiger partial charge in [-0.05, 0) is 108 Å². The fourth-order valence-corrected chi connectivity index (χ4v) is 18.3. The van der Waals surface area contributed by atoms with E-state index in [1.54, 1.807) is 48.7 Å². The molecule has 0 fully saturated rings. The molecule has 0 bridgehead atoms. The summed E-state index contributed by atoms with van der Waals surface area (Å²) in [4.78, 5) is 104. The van der Waals surface area contributed by atoms with Crippen molar-refractivity contribution in [1.29, 1.82) is 0 Å². The summed E-state index contributed by atoms with van der Waals surface area (Å²) in [6, 6.07) is 25.4. The number of unbranched alkanes of at least 4 members (excludes halogenated alkanes) is 24. The molecule has 0 saturated heterocycles. The number of halogens is 6. The van der Waals surface area contributed by atoms with Crippen molar-refractivity contribution in [2.24, 2.45) is 0 Å². The number of nitrogens with zero attached hydrogens (tertiary/aromatic N) is 4. The van der Waals surface area contributed by atoms with Gasteiger partial charge in [-0.15, -0.1) is 5.10 Å². The summed E-state index contributed by atoms with van der Waals surface area (Å²) < 4.78 is 143. The summed E-state index contributed by atoms with van der Waals surface area (Å²) in [7, 11) is -4.50. The van der Waals surface area contributed by atoms with Gasteiger partial charge in [0.15, 0.2) is 11.7 Å². The topological polar surface area (TPSA) is 273 Å². The number of alkyl halides is 6. The Kier molecular flexibility index (Phi) is 35.9. The molecule has 30 heteroatoms.